The Morgan fingerprint density at radius 3 is 2.84 bits per heavy atom. The monoisotopic (exact) mass is 259 g/mol. The molecule has 0 saturated carbocycles. The first kappa shape index (κ1) is 12.8. The third-order valence-corrected chi connectivity index (χ3v) is 2.18. The number of benzene rings is 1. The van der Waals surface area contributed by atoms with Gasteiger partial charge in [-0.1, -0.05) is 0 Å². The number of carboxylic acid groups (broad SMARTS) is 1. The van der Waals surface area contributed by atoms with Gasteiger partial charge in [0.25, 0.3) is 0 Å². The van der Waals surface area contributed by atoms with Gasteiger partial charge in [-0.2, -0.15) is 0 Å². The number of carbonyl (C=O) groups is 1. The van der Waals surface area contributed by atoms with Crippen LogP contribution in [0.1, 0.15) is 5.56 Å². The van der Waals surface area contributed by atoms with Gasteiger partial charge in [0.05, 0.1) is 6.20 Å². The number of ether oxygens (including phenoxy) is 1. The van der Waals surface area contributed by atoms with Gasteiger partial charge in [-0.25, -0.2) is 9.18 Å². The van der Waals surface area contributed by atoms with Crippen molar-refractivity contribution in [2.75, 3.05) is 0 Å². The van der Waals surface area contributed by atoms with E-state index >= 15 is 0 Å². The molecule has 5 heteroatoms. The van der Waals surface area contributed by atoms with Crippen LogP contribution < -0.4 is 4.74 Å². The number of carboxylic acids is 1. The Morgan fingerprint density at radius 2 is 2.16 bits per heavy atom. The van der Waals surface area contributed by atoms with Gasteiger partial charge >= 0.3 is 5.97 Å². The Bertz CT molecular complexity index is 611. The fraction of sp³-hybridized carbons (Fsp3) is 0. The summed E-state index contributed by atoms with van der Waals surface area (Å²) >= 11 is 0. The SMILES string of the molecule is O=C(O)/C=C/c1cc(F)cc(Oc2cccnc2)c1. The van der Waals surface area contributed by atoms with Crippen LogP contribution in [0, 0.1) is 5.82 Å². The quantitative estimate of drug-likeness (QED) is 0.857. The summed E-state index contributed by atoms with van der Waals surface area (Å²) in [6, 6.07) is 7.35. The molecule has 1 aromatic heterocycles. The van der Waals surface area contributed by atoms with Crippen molar-refractivity contribution >= 4 is 12.0 Å². The Morgan fingerprint density at radius 1 is 1.32 bits per heavy atom. The highest BCUT2D eigenvalue weighted by Crippen LogP contribution is 2.23. The zero-order chi connectivity index (χ0) is 13.7. The van der Waals surface area contributed by atoms with E-state index in [4.69, 9.17) is 9.84 Å². The molecular formula is C14H10FNO3. The second-order valence-corrected chi connectivity index (χ2v) is 3.68. The third-order valence-electron chi connectivity index (χ3n) is 2.18. The molecule has 0 bridgehead atoms. The topological polar surface area (TPSA) is 59.4 Å². The second-order valence-electron chi connectivity index (χ2n) is 3.68. The summed E-state index contributed by atoms with van der Waals surface area (Å²) in [6.07, 6.45) is 5.32. The smallest absolute Gasteiger partial charge is 0.328 e. The van der Waals surface area contributed by atoms with Crippen molar-refractivity contribution in [1.82, 2.24) is 4.98 Å². The van der Waals surface area contributed by atoms with Crippen molar-refractivity contribution in [3.63, 3.8) is 0 Å². The number of nitrogens with zero attached hydrogens (tertiary/aromatic N) is 1. The molecule has 0 aliphatic heterocycles. The van der Waals surface area contributed by atoms with E-state index in [-0.39, 0.29) is 5.75 Å². The van der Waals surface area contributed by atoms with Gasteiger partial charge < -0.3 is 9.84 Å². The molecular weight excluding hydrogens is 249 g/mol. The van der Waals surface area contributed by atoms with Crippen molar-refractivity contribution in [3.8, 4) is 11.5 Å². The van der Waals surface area contributed by atoms with E-state index in [1.54, 1.807) is 18.3 Å². The zero-order valence-corrected chi connectivity index (χ0v) is 9.79. The lowest BCUT2D eigenvalue weighted by molar-refractivity contribution is -0.131. The van der Waals surface area contributed by atoms with Gasteiger partial charge in [0.15, 0.2) is 0 Å². The predicted molar refractivity (Wildman–Crippen MR) is 67.4 cm³/mol. The van der Waals surface area contributed by atoms with Crippen LogP contribution in [0.3, 0.4) is 0 Å². The van der Waals surface area contributed by atoms with Crippen LogP contribution >= 0.6 is 0 Å². The van der Waals surface area contributed by atoms with Gasteiger partial charge in [-0.3, -0.25) is 4.98 Å². The van der Waals surface area contributed by atoms with Gasteiger partial charge in [0.2, 0.25) is 0 Å². The minimum absolute atomic E-state index is 0.276. The minimum Gasteiger partial charge on any atom is -0.478 e. The maximum atomic E-state index is 13.4. The summed E-state index contributed by atoms with van der Waals surface area (Å²) in [4.78, 5) is 14.3. The summed E-state index contributed by atoms with van der Waals surface area (Å²) in [6.45, 7) is 0. The van der Waals surface area contributed by atoms with Crippen molar-refractivity contribution < 1.29 is 19.0 Å². The van der Waals surface area contributed by atoms with Gasteiger partial charge in [0, 0.05) is 18.3 Å². The number of aliphatic carboxylic acids is 1. The molecule has 1 N–H and O–H groups in total. The molecule has 0 unspecified atom stereocenters. The Balaban J connectivity index is 2.24. The third kappa shape index (κ3) is 3.92. The van der Waals surface area contributed by atoms with Crippen LogP contribution in [0.4, 0.5) is 4.39 Å². The number of pyridine rings is 1. The summed E-state index contributed by atoms with van der Waals surface area (Å²) in [5, 5.41) is 8.53. The highest BCUT2D eigenvalue weighted by Gasteiger charge is 2.02. The van der Waals surface area contributed by atoms with Gasteiger partial charge in [-0.15, -0.1) is 0 Å². The van der Waals surface area contributed by atoms with Gasteiger partial charge in [0.1, 0.15) is 17.3 Å². The highest BCUT2D eigenvalue weighted by molar-refractivity contribution is 5.85. The molecule has 19 heavy (non-hydrogen) atoms. The predicted octanol–water partition coefficient (Wildman–Crippen LogP) is 3.11. The van der Waals surface area contributed by atoms with Crippen molar-refractivity contribution in [2.45, 2.75) is 0 Å². The molecule has 2 rings (SSSR count). The van der Waals surface area contributed by atoms with Crippen LogP contribution in [0.25, 0.3) is 6.08 Å². The summed E-state index contributed by atoms with van der Waals surface area (Å²) in [5.41, 5.74) is 0.404. The van der Waals surface area contributed by atoms with E-state index in [1.807, 2.05) is 0 Å². The Kier molecular flexibility index (Phi) is 3.87. The van der Waals surface area contributed by atoms with E-state index in [0.717, 1.165) is 6.08 Å². The number of aromatic nitrogens is 1. The number of hydrogen-bond donors (Lipinski definition) is 1. The van der Waals surface area contributed by atoms with Crippen molar-refractivity contribution in [3.05, 3.63) is 60.2 Å². The number of rotatable bonds is 4. The maximum Gasteiger partial charge on any atom is 0.328 e. The van der Waals surface area contributed by atoms with E-state index in [1.165, 1.54) is 30.5 Å². The second kappa shape index (κ2) is 5.77. The van der Waals surface area contributed by atoms with E-state index in [2.05, 4.69) is 4.98 Å². The fourth-order valence-corrected chi connectivity index (χ4v) is 1.45. The molecule has 0 fully saturated rings. The van der Waals surface area contributed by atoms with E-state index in [9.17, 15) is 9.18 Å². The van der Waals surface area contributed by atoms with Crippen molar-refractivity contribution in [2.24, 2.45) is 0 Å². The summed E-state index contributed by atoms with van der Waals surface area (Å²) < 4.78 is 18.8. The van der Waals surface area contributed by atoms with Crippen LogP contribution in [0.5, 0.6) is 11.5 Å². The molecule has 0 saturated heterocycles. The van der Waals surface area contributed by atoms with Crippen LogP contribution in [0.2, 0.25) is 0 Å². The summed E-state index contributed by atoms with van der Waals surface area (Å²) in [5.74, 6) is -0.857. The first-order valence-corrected chi connectivity index (χ1v) is 5.43. The van der Waals surface area contributed by atoms with Gasteiger partial charge in [-0.05, 0) is 35.9 Å². The first-order valence-electron chi connectivity index (χ1n) is 5.43. The average molecular weight is 259 g/mol. The average Bonchev–Trinajstić information content (AvgIpc) is 2.37. The van der Waals surface area contributed by atoms with Crippen LogP contribution in [-0.2, 0) is 4.79 Å². The summed E-state index contributed by atoms with van der Waals surface area (Å²) in [7, 11) is 0. The molecule has 1 aromatic carbocycles. The fourth-order valence-electron chi connectivity index (χ4n) is 1.45. The highest BCUT2D eigenvalue weighted by atomic mass is 19.1. The standard InChI is InChI=1S/C14H10FNO3/c15-11-6-10(3-4-14(17)18)7-13(8-11)19-12-2-1-5-16-9-12/h1-9H,(H,17,18)/b4-3+. The zero-order valence-electron chi connectivity index (χ0n) is 9.79. The molecule has 0 radical (unpaired) electrons. The molecule has 0 aliphatic rings. The molecule has 4 nitrogen and oxygen atoms in total. The van der Waals surface area contributed by atoms with Crippen LogP contribution in [0.15, 0.2) is 48.8 Å². The number of hydrogen-bond acceptors (Lipinski definition) is 3. The molecule has 2 aromatic rings. The van der Waals surface area contributed by atoms with Crippen molar-refractivity contribution in [1.29, 1.82) is 0 Å². The molecule has 0 spiro atoms. The van der Waals surface area contributed by atoms with Crippen LogP contribution in [-0.4, -0.2) is 16.1 Å². The lowest BCUT2D eigenvalue weighted by Crippen LogP contribution is -1.89. The molecule has 0 aliphatic carbocycles. The van der Waals surface area contributed by atoms with E-state index < -0.39 is 11.8 Å². The first-order chi connectivity index (χ1) is 9.13. The minimum atomic E-state index is -1.10. The largest absolute Gasteiger partial charge is 0.478 e. The Labute approximate surface area is 108 Å². The normalized spacial score (nSPS) is 10.6. The number of halogens is 1. The molecule has 0 atom stereocenters. The lowest BCUT2D eigenvalue weighted by Gasteiger charge is -2.06. The lowest BCUT2D eigenvalue weighted by atomic mass is 10.2. The molecule has 96 valence electrons. The van der Waals surface area contributed by atoms with E-state index in [0.29, 0.717) is 11.3 Å². The molecule has 1 heterocycles. The maximum absolute atomic E-state index is 13.4. The molecule has 0 amide bonds. The Hall–Kier alpha value is -2.69.